The highest BCUT2D eigenvalue weighted by molar-refractivity contribution is 5.82. The lowest BCUT2D eigenvalue weighted by atomic mass is 10.0. The zero-order valence-corrected chi connectivity index (χ0v) is 12.0. The van der Waals surface area contributed by atoms with Gasteiger partial charge in [0, 0.05) is 44.6 Å². The Bertz CT molecular complexity index is 272. The van der Waals surface area contributed by atoms with Gasteiger partial charge >= 0.3 is 0 Å². The number of hydrogen-bond acceptors (Lipinski definition) is 3. The lowest BCUT2D eigenvalue weighted by Crippen LogP contribution is -2.49. The van der Waals surface area contributed by atoms with Gasteiger partial charge < -0.3 is 4.90 Å². The summed E-state index contributed by atoms with van der Waals surface area (Å²) in [6.45, 7) is 10.5. The molecule has 2 atom stereocenters. The molecule has 1 aliphatic carbocycles. The van der Waals surface area contributed by atoms with Gasteiger partial charge in [-0.25, -0.2) is 0 Å². The van der Waals surface area contributed by atoms with Crippen molar-refractivity contribution < 1.29 is 4.79 Å². The van der Waals surface area contributed by atoms with Crippen LogP contribution in [-0.4, -0.2) is 54.3 Å². The Balaban J connectivity index is 1.66. The first-order valence-corrected chi connectivity index (χ1v) is 7.69. The van der Waals surface area contributed by atoms with E-state index in [4.69, 9.17) is 0 Å². The molecule has 0 spiro atoms. The number of rotatable bonds is 5. The van der Waals surface area contributed by atoms with E-state index in [9.17, 15) is 4.79 Å². The molecule has 1 heterocycles. The fourth-order valence-corrected chi connectivity index (χ4v) is 3.22. The molecule has 0 aromatic rings. The van der Waals surface area contributed by atoms with Crippen LogP contribution in [0.3, 0.4) is 0 Å². The van der Waals surface area contributed by atoms with Crippen LogP contribution in [0.25, 0.3) is 0 Å². The van der Waals surface area contributed by atoms with Gasteiger partial charge in [0.25, 0.3) is 0 Å². The molecule has 0 bridgehead atoms. The fourth-order valence-electron chi connectivity index (χ4n) is 3.22. The number of carbonyl (C=O) groups excluding carboxylic acids is 1. The van der Waals surface area contributed by atoms with E-state index in [1.54, 1.807) is 0 Å². The van der Waals surface area contributed by atoms with Gasteiger partial charge in [0.1, 0.15) is 5.78 Å². The number of nitrogens with zero attached hydrogens (tertiary/aromatic N) is 2. The standard InChI is InChI=1S/C15H28N2O/c1-3-13(2)17-11-9-16(10-12-17)8-7-14-5-4-6-15(14)18/h13-14H,3-12H2,1-2H3. The van der Waals surface area contributed by atoms with Crippen LogP contribution in [0.5, 0.6) is 0 Å². The van der Waals surface area contributed by atoms with Crippen LogP contribution >= 0.6 is 0 Å². The maximum atomic E-state index is 11.6. The van der Waals surface area contributed by atoms with Crippen molar-refractivity contribution in [3.05, 3.63) is 0 Å². The SMILES string of the molecule is CCC(C)N1CCN(CCC2CCCC2=O)CC1. The molecule has 1 saturated heterocycles. The molecule has 0 aromatic carbocycles. The molecule has 2 aliphatic rings. The molecule has 0 N–H and O–H groups in total. The van der Waals surface area contributed by atoms with Crippen LogP contribution in [0, 0.1) is 5.92 Å². The zero-order valence-electron chi connectivity index (χ0n) is 12.0. The minimum Gasteiger partial charge on any atom is -0.301 e. The van der Waals surface area contributed by atoms with Crippen molar-refractivity contribution in [2.75, 3.05) is 32.7 Å². The van der Waals surface area contributed by atoms with Crippen LogP contribution in [0.1, 0.15) is 46.0 Å². The van der Waals surface area contributed by atoms with E-state index in [0.717, 1.165) is 38.3 Å². The predicted molar refractivity (Wildman–Crippen MR) is 74.7 cm³/mol. The van der Waals surface area contributed by atoms with Crippen LogP contribution in [0.2, 0.25) is 0 Å². The minimum absolute atomic E-state index is 0.387. The van der Waals surface area contributed by atoms with E-state index >= 15 is 0 Å². The number of hydrogen-bond donors (Lipinski definition) is 0. The second-order valence-electron chi connectivity index (χ2n) is 5.98. The summed E-state index contributed by atoms with van der Waals surface area (Å²) in [5, 5.41) is 0. The molecule has 3 heteroatoms. The maximum Gasteiger partial charge on any atom is 0.136 e. The van der Waals surface area contributed by atoms with Crippen LogP contribution in [-0.2, 0) is 4.79 Å². The first-order valence-electron chi connectivity index (χ1n) is 7.69. The van der Waals surface area contributed by atoms with Crippen molar-refractivity contribution in [2.24, 2.45) is 5.92 Å². The molecule has 18 heavy (non-hydrogen) atoms. The summed E-state index contributed by atoms with van der Waals surface area (Å²) in [5.74, 6) is 0.908. The molecule has 2 rings (SSSR count). The Labute approximate surface area is 112 Å². The fraction of sp³-hybridized carbons (Fsp3) is 0.933. The Hall–Kier alpha value is -0.410. The normalized spacial score (nSPS) is 28.8. The van der Waals surface area contributed by atoms with E-state index in [1.165, 1.54) is 32.6 Å². The van der Waals surface area contributed by atoms with E-state index in [2.05, 4.69) is 23.6 Å². The van der Waals surface area contributed by atoms with Gasteiger partial charge in [-0.15, -0.1) is 0 Å². The van der Waals surface area contributed by atoms with Gasteiger partial charge in [0.2, 0.25) is 0 Å². The molecule has 1 aliphatic heterocycles. The quantitative estimate of drug-likeness (QED) is 0.749. The van der Waals surface area contributed by atoms with Gasteiger partial charge in [-0.3, -0.25) is 9.69 Å². The highest BCUT2D eigenvalue weighted by Gasteiger charge is 2.26. The average molecular weight is 252 g/mol. The van der Waals surface area contributed by atoms with Crippen molar-refractivity contribution in [3.8, 4) is 0 Å². The van der Waals surface area contributed by atoms with E-state index in [0.29, 0.717) is 11.7 Å². The molecule has 0 amide bonds. The minimum atomic E-state index is 0.387. The molecular formula is C15H28N2O. The highest BCUT2D eigenvalue weighted by atomic mass is 16.1. The summed E-state index contributed by atoms with van der Waals surface area (Å²) in [6.07, 6.45) is 5.46. The van der Waals surface area contributed by atoms with E-state index in [1.807, 2.05) is 0 Å². The molecule has 2 fully saturated rings. The summed E-state index contributed by atoms with van der Waals surface area (Å²) in [7, 11) is 0. The molecule has 1 saturated carbocycles. The Morgan fingerprint density at radius 3 is 2.56 bits per heavy atom. The Morgan fingerprint density at radius 1 is 1.28 bits per heavy atom. The third-order valence-corrected chi connectivity index (χ3v) is 4.85. The van der Waals surface area contributed by atoms with E-state index in [-0.39, 0.29) is 0 Å². The predicted octanol–water partition coefficient (Wildman–Crippen LogP) is 2.16. The largest absolute Gasteiger partial charge is 0.301 e. The number of Topliss-reactive ketones (excluding diaryl/α,β-unsaturated/α-hetero) is 1. The van der Waals surface area contributed by atoms with Crippen molar-refractivity contribution in [1.29, 1.82) is 0 Å². The van der Waals surface area contributed by atoms with Crippen LogP contribution in [0.15, 0.2) is 0 Å². The van der Waals surface area contributed by atoms with Gasteiger partial charge in [0.15, 0.2) is 0 Å². The third kappa shape index (κ3) is 3.55. The van der Waals surface area contributed by atoms with Crippen LogP contribution < -0.4 is 0 Å². The molecule has 104 valence electrons. The number of ketones is 1. The smallest absolute Gasteiger partial charge is 0.136 e. The zero-order chi connectivity index (χ0) is 13.0. The van der Waals surface area contributed by atoms with Crippen molar-refractivity contribution in [3.63, 3.8) is 0 Å². The second-order valence-corrected chi connectivity index (χ2v) is 5.98. The lowest BCUT2D eigenvalue weighted by Gasteiger charge is -2.38. The van der Waals surface area contributed by atoms with Crippen molar-refractivity contribution in [2.45, 2.75) is 52.0 Å². The topological polar surface area (TPSA) is 23.6 Å². The Kier molecular flexibility index (Phi) is 5.19. The average Bonchev–Trinajstić information content (AvgIpc) is 2.81. The van der Waals surface area contributed by atoms with Crippen LogP contribution in [0.4, 0.5) is 0 Å². The first kappa shape index (κ1) is 14.0. The Morgan fingerprint density at radius 2 is 2.00 bits per heavy atom. The summed E-state index contributed by atoms with van der Waals surface area (Å²) in [5.41, 5.74) is 0. The summed E-state index contributed by atoms with van der Waals surface area (Å²) >= 11 is 0. The summed E-state index contributed by atoms with van der Waals surface area (Å²) in [6, 6.07) is 0.726. The maximum absolute atomic E-state index is 11.6. The van der Waals surface area contributed by atoms with Gasteiger partial charge in [0.05, 0.1) is 0 Å². The number of piperazine rings is 1. The molecule has 2 unspecified atom stereocenters. The third-order valence-electron chi connectivity index (χ3n) is 4.85. The first-order chi connectivity index (χ1) is 8.70. The van der Waals surface area contributed by atoms with Gasteiger partial charge in [-0.05, 0) is 39.2 Å². The van der Waals surface area contributed by atoms with Crippen molar-refractivity contribution >= 4 is 5.78 Å². The molecule has 0 aromatic heterocycles. The second kappa shape index (κ2) is 6.67. The van der Waals surface area contributed by atoms with Crippen molar-refractivity contribution in [1.82, 2.24) is 9.80 Å². The number of carbonyl (C=O) groups is 1. The van der Waals surface area contributed by atoms with Gasteiger partial charge in [-0.2, -0.15) is 0 Å². The highest BCUT2D eigenvalue weighted by Crippen LogP contribution is 2.24. The molecule has 0 radical (unpaired) electrons. The monoisotopic (exact) mass is 252 g/mol. The molecule has 3 nitrogen and oxygen atoms in total. The summed E-state index contributed by atoms with van der Waals surface area (Å²) in [4.78, 5) is 16.7. The lowest BCUT2D eigenvalue weighted by molar-refractivity contribution is -0.120. The van der Waals surface area contributed by atoms with E-state index < -0.39 is 0 Å². The summed E-state index contributed by atoms with van der Waals surface area (Å²) < 4.78 is 0. The van der Waals surface area contributed by atoms with Gasteiger partial charge in [-0.1, -0.05) is 6.92 Å². The molecular weight excluding hydrogens is 224 g/mol.